The van der Waals surface area contributed by atoms with Crippen LogP contribution in [0.25, 0.3) is 22.9 Å². The van der Waals surface area contributed by atoms with Crippen molar-refractivity contribution in [1.82, 2.24) is 0 Å². The van der Waals surface area contributed by atoms with E-state index in [1.54, 1.807) is 12.1 Å². The third kappa shape index (κ3) is 3.93. The van der Waals surface area contributed by atoms with Gasteiger partial charge < -0.3 is 5.73 Å². The highest BCUT2D eigenvalue weighted by Crippen LogP contribution is 2.19. The van der Waals surface area contributed by atoms with Crippen LogP contribution < -0.4 is 10.9 Å². The van der Waals surface area contributed by atoms with Gasteiger partial charge in [-0.15, -0.1) is 0 Å². The molecule has 3 aromatic rings. The van der Waals surface area contributed by atoms with Crippen molar-refractivity contribution in [3.63, 3.8) is 0 Å². The van der Waals surface area contributed by atoms with Gasteiger partial charge in [-0.2, -0.15) is 0 Å². The number of hydrogen-bond acceptors (Lipinski definition) is 3. The Kier molecular flexibility index (Phi) is 4.39. The molecule has 5 nitrogen and oxygen atoms in total. The van der Waals surface area contributed by atoms with E-state index in [1.165, 1.54) is 12.1 Å². The van der Waals surface area contributed by atoms with Crippen LogP contribution in [0.4, 0.5) is 0 Å². The Balaban J connectivity index is 1.86. The van der Waals surface area contributed by atoms with E-state index < -0.39 is 10.0 Å². The predicted molar refractivity (Wildman–Crippen MR) is 102 cm³/mol. The van der Waals surface area contributed by atoms with Crippen LogP contribution in [0, 0.1) is 5.41 Å². The molecule has 0 unspecified atom stereocenters. The van der Waals surface area contributed by atoms with Crippen molar-refractivity contribution in [2.45, 2.75) is 4.90 Å². The minimum Gasteiger partial charge on any atom is -0.384 e. The third-order valence-electron chi connectivity index (χ3n) is 3.85. The summed E-state index contributed by atoms with van der Waals surface area (Å²) in [4.78, 5) is 0.0941. The van der Waals surface area contributed by atoms with Crippen molar-refractivity contribution < 1.29 is 8.42 Å². The molecule has 0 aliphatic heterocycles. The van der Waals surface area contributed by atoms with Crippen molar-refractivity contribution in [2.75, 3.05) is 0 Å². The fraction of sp³-hybridized carbons (Fsp3) is 0. The van der Waals surface area contributed by atoms with Crippen LogP contribution in [-0.2, 0) is 10.0 Å². The molecule has 0 saturated heterocycles. The molecule has 3 aromatic carbocycles. The van der Waals surface area contributed by atoms with E-state index in [0.29, 0.717) is 5.56 Å². The van der Waals surface area contributed by atoms with Crippen molar-refractivity contribution in [3.8, 4) is 0 Å². The molecular formula is C19H17N3O2S. The molecule has 25 heavy (non-hydrogen) atoms. The van der Waals surface area contributed by atoms with Gasteiger partial charge in [0.25, 0.3) is 0 Å². The molecule has 6 heteroatoms. The summed E-state index contributed by atoms with van der Waals surface area (Å²) < 4.78 is 22.5. The Morgan fingerprint density at radius 1 is 0.840 bits per heavy atom. The zero-order valence-electron chi connectivity index (χ0n) is 13.3. The van der Waals surface area contributed by atoms with Gasteiger partial charge in [-0.1, -0.05) is 48.6 Å². The summed E-state index contributed by atoms with van der Waals surface area (Å²) in [5.74, 6) is 0.0498. The van der Waals surface area contributed by atoms with E-state index in [-0.39, 0.29) is 10.7 Å². The van der Waals surface area contributed by atoms with Gasteiger partial charge in [0, 0.05) is 5.56 Å². The number of nitrogens with one attached hydrogen (secondary N) is 1. The van der Waals surface area contributed by atoms with Crippen molar-refractivity contribution in [3.05, 3.63) is 77.4 Å². The van der Waals surface area contributed by atoms with Gasteiger partial charge in [0.15, 0.2) is 0 Å². The Hall–Kier alpha value is -2.96. The average molecular weight is 351 g/mol. The molecule has 0 bridgehead atoms. The largest absolute Gasteiger partial charge is 0.384 e. The topological polar surface area (TPSA) is 110 Å². The molecule has 0 radical (unpaired) electrons. The van der Waals surface area contributed by atoms with Crippen LogP contribution in [0.3, 0.4) is 0 Å². The highest BCUT2D eigenvalue weighted by Gasteiger charge is 2.05. The van der Waals surface area contributed by atoms with E-state index in [2.05, 4.69) is 0 Å². The Bertz CT molecular complexity index is 1090. The molecule has 0 aliphatic carbocycles. The van der Waals surface area contributed by atoms with E-state index in [0.717, 1.165) is 21.9 Å². The number of rotatable bonds is 4. The first kappa shape index (κ1) is 16.9. The zero-order valence-corrected chi connectivity index (χ0v) is 14.1. The number of sulfonamides is 1. The fourth-order valence-corrected chi connectivity index (χ4v) is 3.01. The number of hydrogen-bond donors (Lipinski definition) is 3. The maximum absolute atomic E-state index is 11.3. The van der Waals surface area contributed by atoms with Crippen molar-refractivity contribution in [1.29, 1.82) is 5.41 Å². The highest BCUT2D eigenvalue weighted by atomic mass is 32.2. The average Bonchev–Trinajstić information content (AvgIpc) is 2.59. The second-order valence-electron chi connectivity index (χ2n) is 5.68. The van der Waals surface area contributed by atoms with Gasteiger partial charge in [-0.05, 0) is 46.2 Å². The Morgan fingerprint density at radius 2 is 1.40 bits per heavy atom. The highest BCUT2D eigenvalue weighted by molar-refractivity contribution is 7.89. The number of nitrogens with two attached hydrogens (primary N) is 2. The first-order valence-corrected chi connectivity index (χ1v) is 9.07. The predicted octanol–water partition coefficient (Wildman–Crippen LogP) is 2.94. The van der Waals surface area contributed by atoms with Gasteiger partial charge in [0.1, 0.15) is 5.84 Å². The van der Waals surface area contributed by atoms with E-state index in [1.807, 2.05) is 48.6 Å². The minimum atomic E-state index is -3.67. The maximum Gasteiger partial charge on any atom is 0.238 e. The molecule has 5 N–H and O–H groups in total. The standard InChI is InChI=1S/C19H17N3O2S/c20-19(21)17-8-7-15-11-14(3-6-16(15)12-17)2-1-13-4-9-18(10-5-13)25(22,23)24/h1-12H,(H3,20,21)(H2,22,23,24)/b2-1+. The number of amidine groups is 1. The van der Waals surface area contributed by atoms with E-state index >= 15 is 0 Å². The number of benzene rings is 3. The summed E-state index contributed by atoms with van der Waals surface area (Å²) in [7, 11) is -3.67. The molecule has 0 spiro atoms. The molecule has 126 valence electrons. The fourth-order valence-electron chi connectivity index (χ4n) is 2.50. The molecule has 3 rings (SSSR count). The number of primary sulfonamides is 1. The van der Waals surface area contributed by atoms with Gasteiger partial charge >= 0.3 is 0 Å². The normalized spacial score (nSPS) is 11.9. The van der Waals surface area contributed by atoms with Crippen LogP contribution >= 0.6 is 0 Å². The minimum absolute atomic E-state index is 0.0498. The molecular weight excluding hydrogens is 334 g/mol. The van der Waals surface area contributed by atoms with Crippen molar-refractivity contribution >= 4 is 38.8 Å². The quantitative estimate of drug-likeness (QED) is 0.382. The third-order valence-corrected chi connectivity index (χ3v) is 4.78. The lowest BCUT2D eigenvalue weighted by molar-refractivity contribution is 0.598. The van der Waals surface area contributed by atoms with Crippen LogP contribution in [0.2, 0.25) is 0 Å². The van der Waals surface area contributed by atoms with Gasteiger partial charge in [-0.25, -0.2) is 13.6 Å². The van der Waals surface area contributed by atoms with E-state index in [9.17, 15) is 8.42 Å². The Labute approximate surface area is 146 Å². The molecule has 0 saturated carbocycles. The summed E-state index contributed by atoms with van der Waals surface area (Å²) in [5, 5.41) is 14.6. The second kappa shape index (κ2) is 6.51. The summed E-state index contributed by atoms with van der Waals surface area (Å²) in [5.41, 5.74) is 8.10. The number of nitrogen functional groups attached to an aromatic ring is 1. The van der Waals surface area contributed by atoms with Gasteiger partial charge in [0.2, 0.25) is 10.0 Å². The van der Waals surface area contributed by atoms with Crippen LogP contribution in [-0.4, -0.2) is 14.3 Å². The molecule has 0 atom stereocenters. The molecule has 0 aliphatic rings. The Morgan fingerprint density at radius 3 is 2.04 bits per heavy atom. The molecule has 0 aromatic heterocycles. The zero-order chi connectivity index (χ0) is 18.0. The molecule has 0 fully saturated rings. The lowest BCUT2D eigenvalue weighted by Crippen LogP contribution is -2.11. The maximum atomic E-state index is 11.3. The molecule has 0 amide bonds. The summed E-state index contributed by atoms with van der Waals surface area (Å²) in [6.07, 6.45) is 3.85. The summed E-state index contributed by atoms with van der Waals surface area (Å²) >= 11 is 0. The second-order valence-corrected chi connectivity index (χ2v) is 7.24. The lowest BCUT2D eigenvalue weighted by Gasteiger charge is -2.03. The smallest absolute Gasteiger partial charge is 0.238 e. The van der Waals surface area contributed by atoms with E-state index in [4.69, 9.17) is 16.3 Å². The summed E-state index contributed by atoms with van der Waals surface area (Å²) in [6, 6.07) is 18.0. The SMILES string of the molecule is N=C(N)c1ccc2cc(/C=C/c3ccc(S(N)(=O)=O)cc3)ccc2c1. The first-order chi connectivity index (χ1) is 11.8. The van der Waals surface area contributed by atoms with Crippen LogP contribution in [0.5, 0.6) is 0 Å². The lowest BCUT2D eigenvalue weighted by atomic mass is 10.0. The monoisotopic (exact) mass is 351 g/mol. The van der Waals surface area contributed by atoms with Crippen LogP contribution in [0.15, 0.2) is 65.6 Å². The first-order valence-electron chi connectivity index (χ1n) is 7.52. The number of fused-ring (bicyclic) bond motifs is 1. The molecule has 0 heterocycles. The van der Waals surface area contributed by atoms with Crippen LogP contribution in [0.1, 0.15) is 16.7 Å². The van der Waals surface area contributed by atoms with Gasteiger partial charge in [-0.3, -0.25) is 5.41 Å². The van der Waals surface area contributed by atoms with Gasteiger partial charge in [0.05, 0.1) is 4.90 Å². The van der Waals surface area contributed by atoms with Crippen molar-refractivity contribution in [2.24, 2.45) is 10.9 Å². The summed E-state index contributed by atoms with van der Waals surface area (Å²) in [6.45, 7) is 0.